The molecular weight excluding hydrogens is 494 g/mol. The van der Waals surface area contributed by atoms with E-state index in [0.29, 0.717) is 35.0 Å². The van der Waals surface area contributed by atoms with E-state index in [4.69, 9.17) is 37.4 Å². The zero-order valence-electron chi connectivity index (χ0n) is 19.3. The topological polar surface area (TPSA) is 60.0 Å². The highest BCUT2D eigenvalue weighted by Gasteiger charge is 2.44. The Bertz CT molecular complexity index is 1110. The molecule has 3 heterocycles. The molecular formula is C26H27Cl2FN2O4. The van der Waals surface area contributed by atoms with E-state index in [-0.39, 0.29) is 42.5 Å². The van der Waals surface area contributed by atoms with Crippen LogP contribution in [-0.2, 0) is 16.0 Å². The molecule has 0 unspecified atom stereocenters. The van der Waals surface area contributed by atoms with Crippen LogP contribution in [0.2, 0.25) is 10.0 Å². The third kappa shape index (κ3) is 5.59. The molecule has 2 bridgehead atoms. The lowest BCUT2D eigenvalue weighted by Crippen LogP contribution is -2.52. The highest BCUT2D eigenvalue weighted by Crippen LogP contribution is 2.38. The lowest BCUT2D eigenvalue weighted by atomic mass is 10.00. The summed E-state index contributed by atoms with van der Waals surface area (Å²) in [4.78, 5) is 14.9. The molecule has 35 heavy (non-hydrogen) atoms. The number of benzene rings is 2. The molecule has 6 nitrogen and oxygen atoms in total. The van der Waals surface area contributed by atoms with Gasteiger partial charge in [-0.25, -0.2) is 9.18 Å². The van der Waals surface area contributed by atoms with Crippen LogP contribution in [0.4, 0.5) is 9.18 Å². The van der Waals surface area contributed by atoms with E-state index < -0.39 is 5.82 Å². The molecule has 2 amide bonds. The molecule has 3 saturated heterocycles. The third-order valence-electron chi connectivity index (χ3n) is 6.72. The molecule has 0 saturated carbocycles. The molecule has 0 aromatic heterocycles. The largest absolute Gasteiger partial charge is 0.487 e. The van der Waals surface area contributed by atoms with Crippen molar-refractivity contribution >= 4 is 35.3 Å². The van der Waals surface area contributed by atoms with E-state index in [1.165, 1.54) is 6.07 Å². The molecule has 186 valence electrons. The summed E-state index contributed by atoms with van der Waals surface area (Å²) in [5.74, 6) is -0.185. The maximum atomic E-state index is 14.7. The van der Waals surface area contributed by atoms with Crippen molar-refractivity contribution in [2.45, 2.75) is 69.9 Å². The number of amides is 2. The molecule has 3 fully saturated rings. The van der Waals surface area contributed by atoms with E-state index >= 15 is 0 Å². The molecule has 0 spiro atoms. The molecule has 3 atom stereocenters. The van der Waals surface area contributed by atoms with Crippen LogP contribution in [0, 0.1) is 5.82 Å². The summed E-state index contributed by atoms with van der Waals surface area (Å²) < 4.78 is 31.4. The molecule has 2 aromatic carbocycles. The van der Waals surface area contributed by atoms with Gasteiger partial charge in [0, 0.05) is 41.5 Å². The number of hydrogen-bond donors (Lipinski definition) is 1. The maximum Gasteiger partial charge on any atom is 0.318 e. The van der Waals surface area contributed by atoms with Crippen LogP contribution in [0.3, 0.4) is 0 Å². The Morgan fingerprint density at radius 2 is 1.91 bits per heavy atom. The Hall–Kier alpha value is -2.32. The lowest BCUT2D eigenvalue weighted by molar-refractivity contribution is -0.354. The van der Waals surface area contributed by atoms with Crippen molar-refractivity contribution in [2.75, 3.05) is 0 Å². The number of ether oxygens (including phenoxy) is 3. The fraction of sp³-hybridized carbons (Fsp3) is 0.423. The maximum absolute atomic E-state index is 14.7. The first-order chi connectivity index (χ1) is 16.9. The van der Waals surface area contributed by atoms with Gasteiger partial charge in [0.25, 0.3) is 0 Å². The van der Waals surface area contributed by atoms with Gasteiger partial charge in [-0.2, -0.15) is 0 Å². The fourth-order valence-corrected chi connectivity index (χ4v) is 5.52. The van der Waals surface area contributed by atoms with Gasteiger partial charge in [0.05, 0.1) is 0 Å². The number of rotatable bonds is 6. The van der Waals surface area contributed by atoms with Gasteiger partial charge in [0.2, 0.25) is 0 Å². The molecule has 3 aliphatic rings. The zero-order valence-corrected chi connectivity index (χ0v) is 20.8. The molecule has 2 aromatic rings. The zero-order chi connectivity index (χ0) is 24.5. The molecule has 9 heteroatoms. The summed E-state index contributed by atoms with van der Waals surface area (Å²) in [5, 5.41) is 4.05. The van der Waals surface area contributed by atoms with Crippen LogP contribution in [0.5, 0.6) is 5.75 Å². The van der Waals surface area contributed by atoms with Crippen molar-refractivity contribution < 1.29 is 23.4 Å². The highest BCUT2D eigenvalue weighted by atomic mass is 35.5. The molecule has 5 rings (SSSR count). The summed E-state index contributed by atoms with van der Waals surface area (Å²) in [6, 6.07) is 10.1. The number of urea groups is 1. The Morgan fingerprint density at radius 3 is 2.57 bits per heavy atom. The van der Waals surface area contributed by atoms with Gasteiger partial charge in [0.1, 0.15) is 6.10 Å². The van der Waals surface area contributed by atoms with E-state index in [9.17, 15) is 9.18 Å². The summed E-state index contributed by atoms with van der Waals surface area (Å²) in [5.41, 5.74) is 1.51. The normalized spacial score (nSPS) is 27.7. The second-order valence-electron chi connectivity index (χ2n) is 9.16. The predicted octanol–water partition coefficient (Wildman–Crippen LogP) is 6.15. The monoisotopic (exact) mass is 520 g/mol. The van der Waals surface area contributed by atoms with Gasteiger partial charge in [-0.1, -0.05) is 41.4 Å². The number of carbonyl (C=O) groups excluding carboxylic acids is 1. The minimum Gasteiger partial charge on any atom is -0.487 e. The number of nitrogens with zero attached hydrogens (tertiary/aromatic N) is 1. The van der Waals surface area contributed by atoms with Gasteiger partial charge in [-0.3, -0.25) is 0 Å². The summed E-state index contributed by atoms with van der Waals surface area (Å²) >= 11 is 12.2. The van der Waals surface area contributed by atoms with Crippen LogP contribution in [0.15, 0.2) is 42.5 Å². The first-order valence-electron chi connectivity index (χ1n) is 11.8. The van der Waals surface area contributed by atoms with Crippen LogP contribution >= 0.6 is 23.2 Å². The molecule has 0 radical (unpaired) electrons. The average Bonchev–Trinajstić information content (AvgIpc) is 3.07. The summed E-state index contributed by atoms with van der Waals surface area (Å²) in [6.45, 7) is 2.14. The Kier molecular flexibility index (Phi) is 7.21. The number of carbonyl (C=O) groups is 1. The van der Waals surface area contributed by atoms with Gasteiger partial charge < -0.3 is 24.4 Å². The number of piperidine rings is 1. The van der Waals surface area contributed by atoms with Crippen molar-refractivity contribution in [3.05, 3.63) is 69.5 Å². The minimum atomic E-state index is -0.414. The van der Waals surface area contributed by atoms with Crippen molar-refractivity contribution in [3.8, 4) is 5.75 Å². The second-order valence-corrected chi connectivity index (χ2v) is 10.00. The van der Waals surface area contributed by atoms with E-state index in [1.807, 2.05) is 17.9 Å². The van der Waals surface area contributed by atoms with Crippen LogP contribution in [0.25, 0.3) is 6.08 Å². The molecule has 1 N–H and O–H groups in total. The van der Waals surface area contributed by atoms with E-state index in [1.54, 1.807) is 36.4 Å². The Balaban J connectivity index is 1.15. The first-order valence-corrected chi connectivity index (χ1v) is 12.6. The average molecular weight is 521 g/mol. The number of fused-ring (bicyclic) bond motifs is 2. The molecule has 0 aliphatic carbocycles. The smallest absolute Gasteiger partial charge is 0.318 e. The van der Waals surface area contributed by atoms with Crippen LogP contribution in [0.1, 0.15) is 43.7 Å². The van der Waals surface area contributed by atoms with Gasteiger partial charge in [0.15, 0.2) is 24.1 Å². The van der Waals surface area contributed by atoms with E-state index in [2.05, 4.69) is 5.32 Å². The van der Waals surface area contributed by atoms with Gasteiger partial charge >= 0.3 is 6.03 Å². The Morgan fingerprint density at radius 1 is 1.17 bits per heavy atom. The first kappa shape index (κ1) is 24.4. The standard InChI is InChI=1S/C26H27Cl2FN2O4/c1-15-33-25(34-15)9-3-16-2-8-24(23(29)10-16)35-21-12-19-6-7-20(13-21)31(19)26(32)30-14-17-4-5-18(27)11-22(17)28/h2-5,8-11,15,19-21,25H,6-7,12-14H2,1H3,(H,30,32)/b9-3+/t15?,19-,20+,21+,25?. The van der Waals surface area contributed by atoms with Crippen molar-refractivity contribution in [3.63, 3.8) is 0 Å². The van der Waals surface area contributed by atoms with Gasteiger partial charge in [-0.15, -0.1) is 0 Å². The summed E-state index contributed by atoms with van der Waals surface area (Å²) in [6.07, 6.45) is 5.94. The molecule has 3 aliphatic heterocycles. The lowest BCUT2D eigenvalue weighted by Gasteiger charge is -2.38. The van der Waals surface area contributed by atoms with Crippen molar-refractivity contribution in [1.29, 1.82) is 0 Å². The van der Waals surface area contributed by atoms with Gasteiger partial charge in [-0.05, 0) is 61.2 Å². The quantitative estimate of drug-likeness (QED) is 0.496. The van der Waals surface area contributed by atoms with Crippen LogP contribution in [-0.4, -0.2) is 41.7 Å². The number of halogens is 3. The summed E-state index contributed by atoms with van der Waals surface area (Å²) in [7, 11) is 0. The Labute approximate surface area is 213 Å². The minimum absolute atomic E-state index is 0.0644. The predicted molar refractivity (Wildman–Crippen MR) is 132 cm³/mol. The second kappa shape index (κ2) is 10.3. The number of hydrogen-bond acceptors (Lipinski definition) is 4. The SMILES string of the molecule is CC1OC(/C=C/c2ccc(O[C@H]3C[C@H]4CC[C@@H](C3)N4C(=O)NCc3ccc(Cl)cc3Cl)c(F)c2)O1. The van der Waals surface area contributed by atoms with Crippen LogP contribution < -0.4 is 10.1 Å². The highest BCUT2D eigenvalue weighted by molar-refractivity contribution is 6.35. The van der Waals surface area contributed by atoms with E-state index in [0.717, 1.165) is 18.4 Å². The van der Waals surface area contributed by atoms with Crippen molar-refractivity contribution in [2.24, 2.45) is 0 Å². The fourth-order valence-electron chi connectivity index (χ4n) is 5.05. The third-order valence-corrected chi connectivity index (χ3v) is 7.30. The van der Waals surface area contributed by atoms with Crippen molar-refractivity contribution in [1.82, 2.24) is 10.2 Å². The number of nitrogens with one attached hydrogen (secondary N) is 1.